The highest BCUT2D eigenvalue weighted by molar-refractivity contribution is 7.47. The van der Waals surface area contributed by atoms with Crippen molar-refractivity contribution < 1.29 is 47.8 Å². The van der Waals surface area contributed by atoms with Crippen molar-refractivity contribution in [3.8, 4) is 0 Å². The molecule has 0 aliphatic heterocycles. The van der Waals surface area contributed by atoms with E-state index in [9.17, 15) is 24.2 Å². The standard InChI is InChI=1S/C48H91O10P/c1-3-5-7-9-11-13-15-17-19-20-21-22-23-24-26-28-30-32-34-36-38-40-48(52)58-46(44-57-59(53,54)56-42-45(50)41-49)43-55-47(51)39-37-35-33-31-29-27-25-18-16-14-12-10-8-6-4-2/h17,19,33,35,45-46,49-50H,3-16,18,20-32,34,36-44H2,1-2H3,(H,53,54)/b19-17+,35-33+/t45-,46+/m0/s1. The summed E-state index contributed by atoms with van der Waals surface area (Å²) in [6.07, 6.45) is 45.9. The summed E-state index contributed by atoms with van der Waals surface area (Å²) in [4.78, 5) is 35.1. The average molecular weight is 859 g/mol. The zero-order valence-corrected chi connectivity index (χ0v) is 38.9. The molecule has 11 heteroatoms. The molecule has 0 aromatic rings. The lowest BCUT2D eigenvalue weighted by molar-refractivity contribution is -0.161. The van der Waals surface area contributed by atoms with E-state index in [4.69, 9.17) is 23.6 Å². The van der Waals surface area contributed by atoms with E-state index in [1.807, 2.05) is 6.08 Å². The Labute approximate surface area is 361 Å². The predicted octanol–water partition coefficient (Wildman–Crippen LogP) is 13.3. The van der Waals surface area contributed by atoms with Crippen molar-refractivity contribution in [3.05, 3.63) is 24.3 Å². The molecule has 348 valence electrons. The monoisotopic (exact) mass is 859 g/mol. The van der Waals surface area contributed by atoms with Crippen LogP contribution in [0, 0.1) is 0 Å². The first-order chi connectivity index (χ1) is 28.7. The van der Waals surface area contributed by atoms with Crippen molar-refractivity contribution in [2.75, 3.05) is 26.4 Å². The van der Waals surface area contributed by atoms with Gasteiger partial charge in [-0.1, -0.05) is 192 Å². The van der Waals surface area contributed by atoms with Gasteiger partial charge in [0, 0.05) is 12.8 Å². The highest BCUT2D eigenvalue weighted by Gasteiger charge is 2.27. The van der Waals surface area contributed by atoms with Crippen LogP contribution in [0.3, 0.4) is 0 Å². The molecule has 3 N–H and O–H groups in total. The van der Waals surface area contributed by atoms with Gasteiger partial charge in [-0.3, -0.25) is 18.6 Å². The lowest BCUT2D eigenvalue weighted by Crippen LogP contribution is -2.29. The summed E-state index contributed by atoms with van der Waals surface area (Å²) < 4.78 is 32.8. The van der Waals surface area contributed by atoms with E-state index >= 15 is 0 Å². The molecule has 0 aliphatic rings. The molecular weight excluding hydrogens is 767 g/mol. The molecule has 0 aromatic carbocycles. The first-order valence-corrected chi connectivity index (χ1v) is 25.8. The number of hydrogen-bond acceptors (Lipinski definition) is 9. The van der Waals surface area contributed by atoms with Crippen LogP contribution < -0.4 is 0 Å². The van der Waals surface area contributed by atoms with E-state index in [1.54, 1.807) is 0 Å². The molecular formula is C48H91O10P. The average Bonchev–Trinajstić information content (AvgIpc) is 3.22. The molecule has 0 aliphatic carbocycles. The van der Waals surface area contributed by atoms with Crippen molar-refractivity contribution in [2.45, 2.75) is 244 Å². The Hall–Kier alpha value is -1.55. The molecule has 0 radical (unpaired) electrons. The van der Waals surface area contributed by atoms with Gasteiger partial charge in [-0.05, 0) is 51.4 Å². The van der Waals surface area contributed by atoms with Crippen LogP contribution in [0.15, 0.2) is 24.3 Å². The largest absolute Gasteiger partial charge is 0.472 e. The number of aliphatic hydroxyl groups excluding tert-OH is 2. The Morgan fingerprint density at radius 3 is 1.29 bits per heavy atom. The summed E-state index contributed by atoms with van der Waals surface area (Å²) in [6.45, 7) is 2.37. The minimum Gasteiger partial charge on any atom is -0.462 e. The van der Waals surface area contributed by atoms with Crippen molar-refractivity contribution in [1.29, 1.82) is 0 Å². The second-order valence-electron chi connectivity index (χ2n) is 16.5. The van der Waals surface area contributed by atoms with Gasteiger partial charge >= 0.3 is 19.8 Å². The molecule has 0 heterocycles. The van der Waals surface area contributed by atoms with Crippen LogP contribution in [0.1, 0.15) is 232 Å². The van der Waals surface area contributed by atoms with Gasteiger partial charge in [0.15, 0.2) is 6.10 Å². The number of aliphatic hydroxyl groups is 2. The number of rotatable bonds is 46. The molecule has 0 saturated heterocycles. The van der Waals surface area contributed by atoms with Gasteiger partial charge in [-0.2, -0.15) is 0 Å². The van der Waals surface area contributed by atoms with Crippen LogP contribution in [0.4, 0.5) is 0 Å². The number of allylic oxidation sites excluding steroid dienone is 4. The molecule has 59 heavy (non-hydrogen) atoms. The highest BCUT2D eigenvalue weighted by Crippen LogP contribution is 2.43. The molecule has 0 amide bonds. The number of carbonyl (C=O) groups is 2. The van der Waals surface area contributed by atoms with Gasteiger partial charge in [0.25, 0.3) is 0 Å². The number of esters is 2. The van der Waals surface area contributed by atoms with E-state index in [-0.39, 0.29) is 19.4 Å². The highest BCUT2D eigenvalue weighted by atomic mass is 31.2. The SMILES string of the molecule is CCCCCCCC/C=C/CCCCCCCCCCCCCC(=O)O[C@H](COC(=O)CC/C=C/CCCCCCCCCCCCC)COP(=O)(O)OC[C@@H](O)CO. The van der Waals surface area contributed by atoms with Gasteiger partial charge in [-0.15, -0.1) is 0 Å². The Morgan fingerprint density at radius 2 is 0.864 bits per heavy atom. The molecule has 0 saturated carbocycles. The first kappa shape index (κ1) is 57.4. The van der Waals surface area contributed by atoms with Crippen molar-refractivity contribution in [2.24, 2.45) is 0 Å². The Balaban J connectivity index is 4.21. The Bertz CT molecular complexity index is 1040. The predicted molar refractivity (Wildman–Crippen MR) is 242 cm³/mol. The number of carbonyl (C=O) groups excluding carboxylic acids is 2. The van der Waals surface area contributed by atoms with E-state index < -0.39 is 51.8 Å². The second-order valence-corrected chi connectivity index (χ2v) is 17.9. The fourth-order valence-corrected chi connectivity index (χ4v) is 7.62. The summed E-state index contributed by atoms with van der Waals surface area (Å²) in [5.41, 5.74) is 0. The fraction of sp³-hybridized carbons (Fsp3) is 0.875. The summed E-state index contributed by atoms with van der Waals surface area (Å²) in [7, 11) is -4.62. The molecule has 0 fully saturated rings. The second kappa shape index (κ2) is 44.5. The lowest BCUT2D eigenvalue weighted by atomic mass is 10.0. The number of phosphoric ester groups is 1. The fourth-order valence-electron chi connectivity index (χ4n) is 6.83. The molecule has 10 nitrogen and oxygen atoms in total. The van der Waals surface area contributed by atoms with E-state index in [1.165, 1.54) is 161 Å². The minimum absolute atomic E-state index is 0.161. The van der Waals surface area contributed by atoms with Crippen molar-refractivity contribution >= 4 is 19.8 Å². The van der Waals surface area contributed by atoms with Crippen molar-refractivity contribution in [1.82, 2.24) is 0 Å². The van der Waals surface area contributed by atoms with Crippen molar-refractivity contribution in [3.63, 3.8) is 0 Å². The Kier molecular flexibility index (Phi) is 43.3. The van der Waals surface area contributed by atoms with E-state index in [0.29, 0.717) is 12.8 Å². The summed E-state index contributed by atoms with van der Waals surface area (Å²) in [5.74, 6) is -0.973. The third-order valence-corrected chi connectivity index (χ3v) is 11.5. The molecule has 0 spiro atoms. The summed E-state index contributed by atoms with van der Waals surface area (Å²) >= 11 is 0. The zero-order valence-electron chi connectivity index (χ0n) is 38.0. The molecule has 1 unspecified atom stereocenters. The van der Waals surface area contributed by atoms with Gasteiger partial charge in [0.05, 0.1) is 19.8 Å². The van der Waals surface area contributed by atoms with Crippen LogP contribution >= 0.6 is 7.82 Å². The number of hydrogen-bond donors (Lipinski definition) is 3. The maximum atomic E-state index is 12.7. The molecule has 0 rings (SSSR count). The minimum atomic E-state index is -4.62. The van der Waals surface area contributed by atoms with Crippen LogP contribution in [-0.2, 0) is 32.7 Å². The third-order valence-electron chi connectivity index (χ3n) is 10.6. The van der Waals surface area contributed by atoms with Crippen LogP contribution in [-0.4, -0.2) is 65.7 Å². The number of unbranched alkanes of at least 4 members (excludes halogenated alkanes) is 28. The topological polar surface area (TPSA) is 149 Å². The normalized spacial score (nSPS) is 13.9. The van der Waals surface area contributed by atoms with Crippen LogP contribution in [0.5, 0.6) is 0 Å². The van der Waals surface area contributed by atoms with Gasteiger partial charge < -0.3 is 24.6 Å². The van der Waals surface area contributed by atoms with Gasteiger partial charge in [0.1, 0.15) is 12.7 Å². The van der Waals surface area contributed by atoms with E-state index in [0.717, 1.165) is 32.1 Å². The maximum absolute atomic E-state index is 12.7. The summed E-state index contributed by atoms with van der Waals surface area (Å²) in [6, 6.07) is 0. The molecule has 3 atom stereocenters. The Morgan fingerprint density at radius 1 is 0.492 bits per heavy atom. The lowest BCUT2D eigenvalue weighted by Gasteiger charge is -2.20. The van der Waals surface area contributed by atoms with Gasteiger partial charge in [0.2, 0.25) is 0 Å². The zero-order chi connectivity index (χ0) is 43.3. The van der Waals surface area contributed by atoms with Crippen LogP contribution in [0.2, 0.25) is 0 Å². The van der Waals surface area contributed by atoms with Gasteiger partial charge in [-0.25, -0.2) is 4.57 Å². The molecule has 0 aromatic heterocycles. The van der Waals surface area contributed by atoms with E-state index in [2.05, 4.69) is 32.1 Å². The summed E-state index contributed by atoms with van der Waals surface area (Å²) in [5, 5.41) is 18.4. The number of ether oxygens (including phenoxy) is 2. The van der Waals surface area contributed by atoms with Crippen LogP contribution in [0.25, 0.3) is 0 Å². The molecule has 0 bridgehead atoms. The quantitative estimate of drug-likeness (QED) is 0.0234. The number of phosphoric acid groups is 1. The maximum Gasteiger partial charge on any atom is 0.472 e. The third kappa shape index (κ3) is 44.3. The smallest absolute Gasteiger partial charge is 0.462 e. The first-order valence-electron chi connectivity index (χ1n) is 24.3.